The predicted octanol–water partition coefficient (Wildman–Crippen LogP) is 4.10. The summed E-state index contributed by atoms with van der Waals surface area (Å²) in [7, 11) is -3.97. The molecule has 0 spiro atoms. The molecule has 2 atom stereocenters. The summed E-state index contributed by atoms with van der Waals surface area (Å²) in [5.41, 5.74) is 1.19. The highest BCUT2D eigenvalue weighted by Crippen LogP contribution is 2.47. The lowest BCUT2D eigenvalue weighted by Gasteiger charge is -2.10. The van der Waals surface area contributed by atoms with Crippen molar-refractivity contribution in [1.29, 1.82) is 0 Å². The van der Waals surface area contributed by atoms with Gasteiger partial charge in [0.15, 0.2) is 0 Å². The topological polar surface area (TPSA) is 72.5 Å². The maximum atomic E-state index is 12.2. The maximum absolute atomic E-state index is 12.2. The van der Waals surface area contributed by atoms with Crippen LogP contribution in [0.1, 0.15) is 23.5 Å². The lowest BCUT2D eigenvalue weighted by atomic mass is 10.1. The van der Waals surface area contributed by atoms with Crippen LogP contribution in [0.15, 0.2) is 53.0 Å². The number of halogens is 4. The van der Waals surface area contributed by atoms with E-state index in [-0.39, 0.29) is 11.5 Å². The Labute approximate surface area is 168 Å². The molecule has 1 aliphatic rings. The average molecular weight is 478 g/mol. The van der Waals surface area contributed by atoms with Crippen molar-refractivity contribution in [1.82, 2.24) is 4.72 Å². The number of amides is 1. The van der Waals surface area contributed by atoms with Crippen LogP contribution in [0, 0.1) is 5.92 Å². The molecule has 0 aliphatic heterocycles. The number of hydrogen-bond donors (Lipinski definition) is 1. The first-order valence-corrected chi connectivity index (χ1v) is 10.6. The van der Waals surface area contributed by atoms with Crippen molar-refractivity contribution < 1.29 is 31.1 Å². The number of hydrogen-bond acceptors (Lipinski definition) is 4. The summed E-state index contributed by atoms with van der Waals surface area (Å²) >= 11 is 3.33. The van der Waals surface area contributed by atoms with Gasteiger partial charge in [-0.15, -0.1) is 13.2 Å². The van der Waals surface area contributed by atoms with Gasteiger partial charge < -0.3 is 4.74 Å². The molecule has 0 bridgehead atoms. The fourth-order valence-corrected chi connectivity index (χ4v) is 4.26. The Bertz CT molecular complexity index is 960. The summed E-state index contributed by atoms with van der Waals surface area (Å²) < 4.78 is 67.5. The minimum Gasteiger partial charge on any atom is -0.406 e. The van der Waals surface area contributed by atoms with E-state index in [0.717, 1.165) is 22.2 Å². The Balaban J connectivity index is 1.57. The molecular formula is C18H15BrF3NO4S. The molecule has 0 heterocycles. The lowest BCUT2D eigenvalue weighted by molar-refractivity contribution is -0.274. The number of carbonyl (C=O) groups is 1. The summed E-state index contributed by atoms with van der Waals surface area (Å²) in [6.45, 7) is 0. The summed E-state index contributed by atoms with van der Waals surface area (Å²) in [6, 6.07) is 11.9. The second-order valence-electron chi connectivity index (χ2n) is 6.42. The molecule has 28 heavy (non-hydrogen) atoms. The Morgan fingerprint density at radius 1 is 1.11 bits per heavy atom. The first kappa shape index (κ1) is 20.7. The van der Waals surface area contributed by atoms with Crippen LogP contribution in [-0.4, -0.2) is 20.7 Å². The molecule has 1 N–H and O–H groups in total. The molecule has 0 aromatic heterocycles. The zero-order chi connectivity index (χ0) is 20.5. The average Bonchev–Trinajstić information content (AvgIpc) is 3.36. The molecule has 0 radical (unpaired) electrons. The van der Waals surface area contributed by atoms with Gasteiger partial charge in [-0.3, -0.25) is 9.52 Å². The van der Waals surface area contributed by atoms with E-state index in [2.05, 4.69) is 20.7 Å². The molecule has 1 fully saturated rings. The van der Waals surface area contributed by atoms with Gasteiger partial charge in [-0.2, -0.15) is 0 Å². The fourth-order valence-electron chi connectivity index (χ4n) is 2.83. The van der Waals surface area contributed by atoms with Gasteiger partial charge in [0.25, 0.3) is 0 Å². The van der Waals surface area contributed by atoms with E-state index in [0.29, 0.717) is 6.42 Å². The monoisotopic (exact) mass is 477 g/mol. The predicted molar refractivity (Wildman–Crippen MR) is 98.9 cm³/mol. The van der Waals surface area contributed by atoms with Crippen LogP contribution < -0.4 is 9.46 Å². The number of alkyl halides is 3. The number of sulfonamides is 1. The number of ether oxygens (including phenoxy) is 1. The number of carbonyl (C=O) groups excluding carboxylic acids is 1. The highest BCUT2D eigenvalue weighted by atomic mass is 79.9. The van der Waals surface area contributed by atoms with E-state index in [4.69, 9.17) is 0 Å². The number of benzene rings is 2. The Morgan fingerprint density at radius 3 is 2.29 bits per heavy atom. The van der Waals surface area contributed by atoms with Gasteiger partial charge in [0.2, 0.25) is 15.9 Å². The zero-order valence-corrected chi connectivity index (χ0v) is 16.6. The molecule has 2 aromatic carbocycles. The van der Waals surface area contributed by atoms with Crippen LogP contribution in [0.3, 0.4) is 0 Å². The molecule has 0 saturated heterocycles. The first-order valence-electron chi connectivity index (χ1n) is 8.17. The second kappa shape index (κ2) is 7.75. The highest BCUT2D eigenvalue weighted by Gasteiger charge is 2.45. The molecule has 150 valence electrons. The fraction of sp³-hybridized carbons (Fsp3) is 0.278. The largest absolute Gasteiger partial charge is 0.573 e. The van der Waals surface area contributed by atoms with Gasteiger partial charge in [0, 0.05) is 10.4 Å². The Hall–Kier alpha value is -2.07. The molecular weight excluding hydrogens is 463 g/mol. The lowest BCUT2D eigenvalue weighted by Crippen LogP contribution is -2.33. The van der Waals surface area contributed by atoms with Gasteiger partial charge in [-0.25, -0.2) is 8.42 Å². The van der Waals surface area contributed by atoms with Gasteiger partial charge in [0.05, 0.1) is 5.75 Å². The van der Waals surface area contributed by atoms with E-state index in [1.807, 2.05) is 29.0 Å². The first-order chi connectivity index (χ1) is 13.0. The SMILES string of the molecule is O=C(NS(=O)(=O)Cc1ccc(OC(F)(F)F)cc1)[C@@H]1C[C@H]1c1ccc(Br)cc1. The molecule has 0 unspecified atom stereocenters. The number of nitrogens with one attached hydrogen (secondary N) is 1. The molecule has 1 amide bonds. The molecule has 1 saturated carbocycles. The van der Waals surface area contributed by atoms with Gasteiger partial charge in [-0.1, -0.05) is 40.2 Å². The molecule has 5 nitrogen and oxygen atoms in total. The van der Waals surface area contributed by atoms with Crippen molar-refractivity contribution in [3.8, 4) is 5.75 Å². The summed E-state index contributed by atoms with van der Waals surface area (Å²) in [4.78, 5) is 12.2. The van der Waals surface area contributed by atoms with Gasteiger partial charge in [0.1, 0.15) is 5.75 Å². The molecule has 3 rings (SSSR count). The maximum Gasteiger partial charge on any atom is 0.573 e. The van der Waals surface area contributed by atoms with Crippen LogP contribution in [0.4, 0.5) is 13.2 Å². The highest BCUT2D eigenvalue weighted by molar-refractivity contribution is 9.10. The van der Waals surface area contributed by atoms with Crippen LogP contribution in [0.2, 0.25) is 0 Å². The molecule has 2 aromatic rings. The van der Waals surface area contributed by atoms with E-state index in [9.17, 15) is 26.4 Å². The summed E-state index contributed by atoms with van der Waals surface area (Å²) in [5, 5.41) is 0. The van der Waals surface area contributed by atoms with E-state index >= 15 is 0 Å². The summed E-state index contributed by atoms with van der Waals surface area (Å²) in [5.74, 6) is -2.00. The van der Waals surface area contributed by atoms with E-state index in [1.165, 1.54) is 12.1 Å². The normalized spacial score (nSPS) is 19.1. The van der Waals surface area contributed by atoms with Gasteiger partial charge in [-0.05, 0) is 47.7 Å². The van der Waals surface area contributed by atoms with Crippen molar-refractivity contribution in [2.24, 2.45) is 5.92 Å². The third-order valence-electron chi connectivity index (χ3n) is 4.20. The number of rotatable bonds is 6. The smallest absolute Gasteiger partial charge is 0.406 e. The van der Waals surface area contributed by atoms with Crippen molar-refractivity contribution in [2.45, 2.75) is 24.5 Å². The van der Waals surface area contributed by atoms with E-state index < -0.39 is 39.7 Å². The Kier molecular flexibility index (Phi) is 5.72. The molecule has 10 heteroatoms. The third-order valence-corrected chi connectivity index (χ3v) is 5.95. The van der Waals surface area contributed by atoms with Crippen molar-refractivity contribution in [3.63, 3.8) is 0 Å². The molecule has 1 aliphatic carbocycles. The van der Waals surface area contributed by atoms with Crippen LogP contribution in [0.5, 0.6) is 5.75 Å². The Morgan fingerprint density at radius 2 is 1.71 bits per heavy atom. The van der Waals surface area contributed by atoms with Gasteiger partial charge >= 0.3 is 6.36 Å². The second-order valence-corrected chi connectivity index (χ2v) is 9.06. The third kappa shape index (κ3) is 5.71. The van der Waals surface area contributed by atoms with Crippen molar-refractivity contribution in [3.05, 3.63) is 64.1 Å². The zero-order valence-electron chi connectivity index (χ0n) is 14.2. The minimum absolute atomic E-state index is 0.0258. The van der Waals surface area contributed by atoms with Crippen LogP contribution in [-0.2, 0) is 20.6 Å². The van der Waals surface area contributed by atoms with Crippen molar-refractivity contribution in [2.75, 3.05) is 0 Å². The van der Waals surface area contributed by atoms with Crippen LogP contribution >= 0.6 is 15.9 Å². The standard InChI is InChI=1S/C18H15BrF3NO4S/c19-13-5-3-12(4-6-13)15-9-16(15)17(24)23-28(25,26)10-11-1-7-14(8-2-11)27-18(20,21)22/h1-8,15-16H,9-10H2,(H,23,24)/t15-,16+/m0/s1. The van der Waals surface area contributed by atoms with Crippen LogP contribution in [0.25, 0.3) is 0 Å². The minimum atomic E-state index is -4.82. The van der Waals surface area contributed by atoms with Crippen molar-refractivity contribution >= 4 is 31.9 Å². The summed E-state index contributed by atoms with van der Waals surface area (Å²) in [6.07, 6.45) is -4.26. The van der Waals surface area contributed by atoms with E-state index in [1.54, 1.807) is 0 Å². The quantitative estimate of drug-likeness (QED) is 0.679.